The van der Waals surface area contributed by atoms with Gasteiger partial charge in [-0.05, 0) is 27.7 Å². The molecule has 0 saturated carbocycles. The van der Waals surface area contributed by atoms with Crippen molar-refractivity contribution in [3.8, 4) is 0 Å². The summed E-state index contributed by atoms with van der Waals surface area (Å²) in [7, 11) is 0. The summed E-state index contributed by atoms with van der Waals surface area (Å²) in [6.07, 6.45) is -4.71. The van der Waals surface area contributed by atoms with Gasteiger partial charge in [0.1, 0.15) is 51.8 Å². The summed E-state index contributed by atoms with van der Waals surface area (Å²) in [4.78, 5) is 92.7. The molecule has 0 fully saturated rings. The smallest absolute Gasteiger partial charge is 0.407 e. The van der Waals surface area contributed by atoms with E-state index in [0.717, 1.165) is 0 Å². The second-order valence-corrected chi connectivity index (χ2v) is 13.7. The molecule has 7 N–H and O–H groups in total. The Kier molecular flexibility index (Phi) is 39.9. The maximum atomic E-state index is 11.8. The fourth-order valence-corrected chi connectivity index (χ4v) is 4.10. The van der Waals surface area contributed by atoms with Crippen molar-refractivity contribution in [3.63, 3.8) is 0 Å². The first-order valence-electron chi connectivity index (χ1n) is 21.7. The van der Waals surface area contributed by atoms with Crippen LogP contribution in [0.1, 0.15) is 27.7 Å². The fraction of sp³-hybridized carbons (Fsp3) is 0.795. The van der Waals surface area contributed by atoms with Gasteiger partial charge in [-0.1, -0.05) is 0 Å². The molecule has 0 atom stereocenters. The number of ether oxygens (including phenoxy) is 14. The van der Waals surface area contributed by atoms with Gasteiger partial charge < -0.3 is 104 Å². The first-order valence-corrected chi connectivity index (χ1v) is 21.7. The Morgan fingerprint density at radius 1 is 0.309 bits per heavy atom. The van der Waals surface area contributed by atoms with E-state index in [9.17, 15) is 38.4 Å². The van der Waals surface area contributed by atoms with Crippen LogP contribution in [0, 0.1) is 0 Å². The van der Waals surface area contributed by atoms with Crippen molar-refractivity contribution in [2.24, 2.45) is 0 Å². The van der Waals surface area contributed by atoms with Crippen molar-refractivity contribution in [1.29, 1.82) is 0 Å². The number of esters is 1. The number of hydrogen-bond acceptors (Lipinski definition) is 22. The van der Waals surface area contributed by atoms with E-state index in [2.05, 4.69) is 42.0 Å². The normalized spacial score (nSPS) is 10.6. The Morgan fingerprint density at radius 2 is 0.544 bits per heavy atom. The lowest BCUT2D eigenvalue weighted by atomic mass is 10.2. The highest BCUT2D eigenvalue weighted by atomic mass is 16.6. The standard InChI is InChI=1S/C39H71N7O22/c1-5-61-31(47)30-46-37(53)67-29-23-59-16-10-44-35(51)65-27-21-57-14-8-42-33(49)63-25-19-55-12-6-40-32(48)62-24-18-56-13-7-41-34(50)64-26-20-58-15-9-43-36(52)66-28-22-60-17-11-45-38(54)68-39(2,3)4/h5-30H2,1-4H3,(H,40,48)(H,41,50)(H,42,49)(H,43,52)(H,44,51)(H,45,54)(H,46,53). The average molecular weight is 990 g/mol. The van der Waals surface area contributed by atoms with Gasteiger partial charge in [0, 0.05) is 39.3 Å². The van der Waals surface area contributed by atoms with Gasteiger partial charge in [-0.2, -0.15) is 0 Å². The van der Waals surface area contributed by atoms with Crippen LogP contribution in [0.3, 0.4) is 0 Å². The van der Waals surface area contributed by atoms with Crippen LogP contribution in [0.2, 0.25) is 0 Å². The third-order valence-electron chi connectivity index (χ3n) is 6.94. The molecule has 0 unspecified atom stereocenters. The molecule has 29 nitrogen and oxygen atoms in total. The molecule has 0 aliphatic carbocycles. The molecule has 7 amide bonds. The molecule has 29 heteroatoms. The Hall–Kier alpha value is -5.88. The summed E-state index contributed by atoms with van der Waals surface area (Å²) < 4.78 is 70.9. The minimum atomic E-state index is -0.789. The predicted octanol–water partition coefficient (Wildman–Crippen LogP) is -0.469. The van der Waals surface area contributed by atoms with E-state index in [-0.39, 0.29) is 171 Å². The van der Waals surface area contributed by atoms with Gasteiger partial charge in [0.25, 0.3) is 0 Å². The SMILES string of the molecule is CCOC(=O)CNC(=O)OCCOCCNC(=O)OCCOCCNC(=O)OCCOCCNC(=O)OCCOCCNC(=O)OCCOCCNC(=O)OCCOCCNC(=O)OC(C)(C)C. The minimum Gasteiger partial charge on any atom is -0.465 e. The topological polar surface area (TPSA) is 350 Å². The number of nitrogens with one attached hydrogen (secondary N) is 7. The molecule has 0 heterocycles. The zero-order valence-corrected chi connectivity index (χ0v) is 39.4. The number of rotatable bonds is 39. The van der Waals surface area contributed by atoms with Crippen LogP contribution in [-0.2, 0) is 71.1 Å². The Labute approximate surface area is 394 Å². The number of carbonyl (C=O) groups is 8. The first kappa shape index (κ1) is 62.1. The van der Waals surface area contributed by atoms with Gasteiger partial charge in [-0.15, -0.1) is 0 Å². The van der Waals surface area contributed by atoms with Crippen molar-refractivity contribution in [2.75, 3.05) is 171 Å². The van der Waals surface area contributed by atoms with E-state index in [1.807, 2.05) is 0 Å². The zero-order valence-electron chi connectivity index (χ0n) is 39.4. The van der Waals surface area contributed by atoms with Gasteiger partial charge in [0.15, 0.2) is 0 Å². The van der Waals surface area contributed by atoms with Gasteiger partial charge in [0.2, 0.25) is 0 Å². The van der Waals surface area contributed by atoms with Crippen LogP contribution >= 0.6 is 0 Å². The zero-order chi connectivity index (χ0) is 50.4. The van der Waals surface area contributed by atoms with E-state index >= 15 is 0 Å². The third kappa shape index (κ3) is 46.6. The number of alkyl carbamates (subject to hydrolysis) is 7. The quantitative estimate of drug-likeness (QED) is 0.0233. The third-order valence-corrected chi connectivity index (χ3v) is 6.94. The number of hydrogen-bond donors (Lipinski definition) is 7. The molecule has 68 heavy (non-hydrogen) atoms. The number of carbonyl (C=O) groups excluding carboxylic acids is 8. The molecular weight excluding hydrogens is 918 g/mol. The van der Waals surface area contributed by atoms with Crippen molar-refractivity contribution in [2.45, 2.75) is 33.3 Å². The molecule has 0 bridgehead atoms. The second kappa shape index (κ2) is 43.7. The summed E-state index contributed by atoms with van der Waals surface area (Å²) >= 11 is 0. The van der Waals surface area contributed by atoms with Gasteiger partial charge in [-0.3, -0.25) is 4.79 Å². The predicted molar refractivity (Wildman–Crippen MR) is 232 cm³/mol. The van der Waals surface area contributed by atoms with Gasteiger partial charge >= 0.3 is 48.6 Å². The van der Waals surface area contributed by atoms with Crippen LogP contribution in [-0.4, -0.2) is 226 Å². The highest BCUT2D eigenvalue weighted by Gasteiger charge is 2.15. The molecule has 0 aliphatic rings. The van der Waals surface area contributed by atoms with E-state index < -0.39 is 54.2 Å². The molecular formula is C39H71N7O22. The van der Waals surface area contributed by atoms with E-state index in [1.165, 1.54) is 0 Å². The minimum absolute atomic E-state index is 0.0195. The summed E-state index contributed by atoms with van der Waals surface area (Å²) in [5.41, 5.74) is -0.589. The Morgan fingerprint density at radius 3 is 0.779 bits per heavy atom. The summed E-state index contributed by atoms with van der Waals surface area (Å²) in [5, 5.41) is 17.2. The summed E-state index contributed by atoms with van der Waals surface area (Å²) in [6, 6.07) is 0. The fourth-order valence-electron chi connectivity index (χ4n) is 4.10. The maximum Gasteiger partial charge on any atom is 0.407 e. The van der Waals surface area contributed by atoms with Gasteiger partial charge in [-0.25, -0.2) is 33.6 Å². The molecule has 0 aliphatic heterocycles. The largest absolute Gasteiger partial charge is 0.465 e. The Balaban J connectivity index is 3.46. The first-order chi connectivity index (χ1) is 32.7. The molecule has 0 spiro atoms. The molecule has 0 radical (unpaired) electrons. The Bertz CT molecular complexity index is 1390. The van der Waals surface area contributed by atoms with Crippen LogP contribution in [0.5, 0.6) is 0 Å². The summed E-state index contributed by atoms with van der Waals surface area (Å²) in [6.45, 7) is 9.20. The second-order valence-electron chi connectivity index (χ2n) is 13.7. The van der Waals surface area contributed by atoms with E-state index in [4.69, 9.17) is 61.6 Å². The van der Waals surface area contributed by atoms with Gasteiger partial charge in [0.05, 0.1) is 85.9 Å². The maximum absolute atomic E-state index is 11.8. The van der Waals surface area contributed by atoms with Crippen LogP contribution in [0.15, 0.2) is 0 Å². The molecule has 0 saturated heterocycles. The van der Waals surface area contributed by atoms with Crippen LogP contribution in [0.4, 0.5) is 33.6 Å². The van der Waals surface area contributed by atoms with Crippen molar-refractivity contribution >= 4 is 48.6 Å². The lowest BCUT2D eigenvalue weighted by Gasteiger charge is -2.19. The summed E-state index contributed by atoms with van der Waals surface area (Å²) in [5.74, 6) is -0.581. The van der Waals surface area contributed by atoms with Crippen molar-refractivity contribution < 1.29 is 105 Å². The molecule has 0 rings (SSSR count). The monoisotopic (exact) mass is 989 g/mol. The molecule has 394 valence electrons. The lowest BCUT2D eigenvalue weighted by Crippen LogP contribution is -2.34. The van der Waals surface area contributed by atoms with Crippen molar-refractivity contribution in [1.82, 2.24) is 37.2 Å². The average Bonchev–Trinajstić information content (AvgIpc) is 3.28. The van der Waals surface area contributed by atoms with E-state index in [0.29, 0.717) is 0 Å². The highest BCUT2D eigenvalue weighted by molar-refractivity contribution is 5.77. The van der Waals surface area contributed by atoms with Crippen LogP contribution < -0.4 is 37.2 Å². The molecule has 0 aromatic rings. The lowest BCUT2D eigenvalue weighted by molar-refractivity contribution is -0.141. The molecule has 0 aromatic heterocycles. The highest BCUT2D eigenvalue weighted by Crippen LogP contribution is 2.06. The van der Waals surface area contributed by atoms with Crippen LogP contribution in [0.25, 0.3) is 0 Å². The molecule has 0 aromatic carbocycles. The van der Waals surface area contributed by atoms with E-state index in [1.54, 1.807) is 27.7 Å². The number of amides is 7. The van der Waals surface area contributed by atoms with Crippen molar-refractivity contribution in [3.05, 3.63) is 0 Å².